The predicted molar refractivity (Wildman–Crippen MR) is 120 cm³/mol. The zero-order chi connectivity index (χ0) is 19.8. The van der Waals surface area contributed by atoms with E-state index in [2.05, 4.69) is 53.7 Å². The van der Waals surface area contributed by atoms with Crippen LogP contribution in [-0.2, 0) is 16.1 Å². The Morgan fingerprint density at radius 2 is 1.74 bits per heavy atom. The van der Waals surface area contributed by atoms with Crippen LogP contribution in [0.15, 0.2) is 90.0 Å². The monoisotopic (exact) mass is 471 g/mol. The number of ether oxygens (including phenoxy) is 1. The molecule has 27 heavy (non-hydrogen) atoms. The number of aliphatic imine (C=N–C) groups is 1. The van der Waals surface area contributed by atoms with Crippen LogP contribution in [0.25, 0.3) is 0 Å². The van der Waals surface area contributed by atoms with Crippen LogP contribution in [0.1, 0.15) is 16.7 Å². The van der Waals surface area contributed by atoms with E-state index in [4.69, 9.17) is 4.74 Å². The Balaban J connectivity index is 2.02. The molecule has 0 N–H and O–H groups in total. The molecule has 0 saturated carbocycles. The van der Waals surface area contributed by atoms with Gasteiger partial charge in [0, 0.05) is 16.2 Å². The van der Waals surface area contributed by atoms with Gasteiger partial charge in [-0.3, -0.25) is 4.99 Å². The summed E-state index contributed by atoms with van der Waals surface area (Å²) in [4.78, 5) is 16.5. The summed E-state index contributed by atoms with van der Waals surface area (Å²) in [5, 5.41) is 0. The second kappa shape index (κ2) is 10.0. The average Bonchev–Trinajstić information content (AvgIpc) is 2.68. The molecule has 0 aliphatic heterocycles. The van der Waals surface area contributed by atoms with Gasteiger partial charge in [0.25, 0.3) is 0 Å². The summed E-state index contributed by atoms with van der Waals surface area (Å²) in [6.45, 7) is 10.1. The molecule has 0 amide bonds. The highest BCUT2D eigenvalue weighted by atomic mass is 127. The van der Waals surface area contributed by atoms with Gasteiger partial charge < -0.3 is 4.74 Å². The molecule has 0 fully saturated rings. The summed E-state index contributed by atoms with van der Waals surface area (Å²) >= 11 is 2.30. The Kier molecular flexibility index (Phi) is 7.73. The lowest BCUT2D eigenvalue weighted by Gasteiger charge is -2.11. The lowest BCUT2D eigenvalue weighted by molar-refractivity contribution is -0.139. The molecule has 138 valence electrons. The Morgan fingerprint density at radius 1 is 1.07 bits per heavy atom. The van der Waals surface area contributed by atoms with Crippen molar-refractivity contribution < 1.29 is 9.53 Å². The first-order valence-corrected chi connectivity index (χ1v) is 9.51. The Hall–Kier alpha value is -2.47. The van der Waals surface area contributed by atoms with Crippen molar-refractivity contribution in [3.05, 3.63) is 105 Å². The van der Waals surface area contributed by atoms with E-state index < -0.39 is 5.97 Å². The molecule has 0 atom stereocenters. The molecule has 4 heteroatoms. The molecular weight excluding hydrogens is 449 g/mol. The highest BCUT2D eigenvalue weighted by Gasteiger charge is 2.11. The van der Waals surface area contributed by atoms with E-state index in [1.54, 1.807) is 19.2 Å². The van der Waals surface area contributed by atoms with Crippen molar-refractivity contribution in [2.45, 2.75) is 13.5 Å². The zero-order valence-electron chi connectivity index (χ0n) is 15.5. The van der Waals surface area contributed by atoms with Crippen LogP contribution in [0.2, 0.25) is 0 Å². The molecule has 0 heterocycles. The minimum Gasteiger partial charge on any atom is -0.457 e. The van der Waals surface area contributed by atoms with Gasteiger partial charge in [0.05, 0.1) is 11.3 Å². The van der Waals surface area contributed by atoms with Gasteiger partial charge in [-0.05, 0) is 58.4 Å². The SMILES string of the molecule is C=C(/C=C\C(=C)/C(=N/C)c1cccc(I)c1C)C(=O)OCc1ccccc1. The van der Waals surface area contributed by atoms with E-state index in [-0.39, 0.29) is 12.2 Å². The molecular formula is C23H22INO2. The largest absolute Gasteiger partial charge is 0.457 e. The van der Waals surface area contributed by atoms with Crippen LogP contribution in [0.4, 0.5) is 0 Å². The van der Waals surface area contributed by atoms with Crippen LogP contribution in [0.5, 0.6) is 0 Å². The third-order valence-electron chi connectivity index (χ3n) is 4.01. The molecule has 2 rings (SSSR count). The van der Waals surface area contributed by atoms with E-state index in [0.29, 0.717) is 5.57 Å². The number of halogens is 1. The minimum absolute atomic E-state index is 0.219. The summed E-state index contributed by atoms with van der Waals surface area (Å²) in [7, 11) is 1.73. The molecule has 0 bridgehead atoms. The molecule has 0 radical (unpaired) electrons. The van der Waals surface area contributed by atoms with Gasteiger partial charge in [-0.2, -0.15) is 0 Å². The van der Waals surface area contributed by atoms with E-state index in [1.165, 1.54) is 0 Å². The van der Waals surface area contributed by atoms with Crippen LogP contribution in [-0.4, -0.2) is 18.7 Å². The second-order valence-corrected chi connectivity index (χ2v) is 7.09. The molecule has 2 aromatic rings. The fourth-order valence-corrected chi connectivity index (χ4v) is 2.96. The lowest BCUT2D eigenvalue weighted by atomic mass is 9.98. The van der Waals surface area contributed by atoms with Crippen LogP contribution < -0.4 is 0 Å². The number of esters is 1. The molecule has 0 spiro atoms. The van der Waals surface area contributed by atoms with Crippen molar-refractivity contribution in [2.24, 2.45) is 4.99 Å². The molecule has 0 aliphatic rings. The van der Waals surface area contributed by atoms with Gasteiger partial charge in [-0.15, -0.1) is 0 Å². The smallest absolute Gasteiger partial charge is 0.337 e. The van der Waals surface area contributed by atoms with Crippen molar-refractivity contribution in [2.75, 3.05) is 7.05 Å². The van der Waals surface area contributed by atoms with E-state index in [0.717, 1.165) is 26.0 Å². The van der Waals surface area contributed by atoms with Crippen molar-refractivity contribution in [3.63, 3.8) is 0 Å². The molecule has 3 nitrogen and oxygen atoms in total. The minimum atomic E-state index is -0.455. The Morgan fingerprint density at radius 3 is 2.41 bits per heavy atom. The third-order valence-corrected chi connectivity index (χ3v) is 5.18. The Bertz CT molecular complexity index is 911. The van der Waals surface area contributed by atoms with Gasteiger partial charge in [0.1, 0.15) is 6.61 Å². The predicted octanol–water partition coefficient (Wildman–Crippen LogP) is 5.43. The fraction of sp³-hybridized carbons (Fsp3) is 0.130. The maximum absolute atomic E-state index is 12.1. The van der Waals surface area contributed by atoms with E-state index in [9.17, 15) is 4.79 Å². The van der Waals surface area contributed by atoms with Crippen molar-refractivity contribution in [3.8, 4) is 0 Å². The quantitative estimate of drug-likeness (QED) is 0.178. The fourth-order valence-electron chi connectivity index (χ4n) is 2.47. The lowest BCUT2D eigenvalue weighted by Crippen LogP contribution is -2.07. The van der Waals surface area contributed by atoms with Gasteiger partial charge >= 0.3 is 5.97 Å². The molecule has 0 aliphatic carbocycles. The first-order chi connectivity index (χ1) is 12.9. The van der Waals surface area contributed by atoms with Crippen LogP contribution >= 0.6 is 22.6 Å². The summed E-state index contributed by atoms with van der Waals surface area (Å²) < 4.78 is 6.44. The number of benzene rings is 2. The number of allylic oxidation sites excluding steroid dienone is 2. The first-order valence-electron chi connectivity index (χ1n) is 8.43. The first kappa shape index (κ1) is 20.8. The van der Waals surface area contributed by atoms with Crippen molar-refractivity contribution in [1.29, 1.82) is 0 Å². The maximum Gasteiger partial charge on any atom is 0.337 e. The summed E-state index contributed by atoms with van der Waals surface area (Å²) in [5.74, 6) is -0.455. The van der Waals surface area contributed by atoms with E-state index >= 15 is 0 Å². The Labute approximate surface area is 174 Å². The third kappa shape index (κ3) is 5.76. The number of carbonyl (C=O) groups is 1. The number of carbonyl (C=O) groups excluding carboxylic acids is 1. The number of rotatable bonds is 7. The summed E-state index contributed by atoms with van der Waals surface area (Å²) in [6.07, 6.45) is 3.36. The van der Waals surface area contributed by atoms with Crippen LogP contribution in [0, 0.1) is 10.5 Å². The molecule has 0 aromatic heterocycles. The molecule has 0 saturated heterocycles. The highest BCUT2D eigenvalue weighted by molar-refractivity contribution is 14.1. The highest BCUT2D eigenvalue weighted by Crippen LogP contribution is 2.20. The second-order valence-electron chi connectivity index (χ2n) is 5.93. The van der Waals surface area contributed by atoms with Gasteiger partial charge in [-0.25, -0.2) is 4.79 Å². The zero-order valence-corrected chi connectivity index (χ0v) is 17.7. The number of hydrogen-bond acceptors (Lipinski definition) is 3. The average molecular weight is 471 g/mol. The maximum atomic E-state index is 12.1. The molecule has 2 aromatic carbocycles. The number of nitrogens with zero attached hydrogens (tertiary/aromatic N) is 1. The standard InChI is InChI=1S/C23H22INO2/c1-16(22(25-4)20-11-8-12-21(24)18(20)3)13-14-17(2)23(26)27-15-19-9-6-5-7-10-19/h5-14H,1-2,15H2,3-4H3/b14-13-,25-22-. The van der Waals surface area contributed by atoms with Gasteiger partial charge in [-0.1, -0.05) is 61.7 Å². The number of hydrogen-bond donors (Lipinski definition) is 0. The summed E-state index contributed by atoms with van der Waals surface area (Å²) in [5.41, 5.74) is 4.86. The normalized spacial score (nSPS) is 11.4. The topological polar surface area (TPSA) is 38.7 Å². The van der Waals surface area contributed by atoms with E-state index in [1.807, 2.05) is 42.5 Å². The van der Waals surface area contributed by atoms with Crippen LogP contribution in [0.3, 0.4) is 0 Å². The molecule has 0 unspecified atom stereocenters. The van der Waals surface area contributed by atoms with Crippen molar-refractivity contribution >= 4 is 34.3 Å². The summed E-state index contributed by atoms with van der Waals surface area (Å²) in [6, 6.07) is 15.6. The van der Waals surface area contributed by atoms with Crippen molar-refractivity contribution in [1.82, 2.24) is 0 Å². The van der Waals surface area contributed by atoms with Gasteiger partial charge in [0.15, 0.2) is 0 Å². The van der Waals surface area contributed by atoms with Gasteiger partial charge in [0.2, 0.25) is 0 Å².